The van der Waals surface area contributed by atoms with Crippen molar-refractivity contribution in [3.63, 3.8) is 0 Å². The molecule has 0 unspecified atom stereocenters. The average Bonchev–Trinajstić information content (AvgIpc) is 3.04. The van der Waals surface area contributed by atoms with Gasteiger partial charge in [-0.25, -0.2) is 4.79 Å². The second-order valence-electron chi connectivity index (χ2n) is 8.16. The van der Waals surface area contributed by atoms with E-state index in [-0.39, 0.29) is 5.91 Å². The number of benzene rings is 1. The molecule has 6 nitrogen and oxygen atoms in total. The third-order valence-corrected chi connectivity index (χ3v) is 6.03. The summed E-state index contributed by atoms with van der Waals surface area (Å²) < 4.78 is 5.13. The van der Waals surface area contributed by atoms with Crippen LogP contribution >= 0.6 is 0 Å². The van der Waals surface area contributed by atoms with Crippen LogP contribution in [0, 0.1) is 13.8 Å². The summed E-state index contributed by atoms with van der Waals surface area (Å²) in [6.07, 6.45) is 6.40. The molecular formula is C24H33N3O3. The van der Waals surface area contributed by atoms with Crippen molar-refractivity contribution in [1.29, 1.82) is 0 Å². The van der Waals surface area contributed by atoms with Gasteiger partial charge in [-0.3, -0.25) is 9.69 Å². The molecule has 0 atom stereocenters. The Hall–Kier alpha value is -2.60. The van der Waals surface area contributed by atoms with Crippen molar-refractivity contribution < 1.29 is 14.3 Å². The SMILES string of the molecule is CCOC(=O)c1c(C)[nH]c(C(=O)Nc2ccccc2CN(C)C2CCCCC2)c1C. The molecule has 1 fully saturated rings. The lowest BCUT2D eigenvalue weighted by molar-refractivity contribution is 0.0525. The third-order valence-electron chi connectivity index (χ3n) is 6.03. The van der Waals surface area contributed by atoms with Gasteiger partial charge in [0.2, 0.25) is 0 Å². The molecule has 1 amide bonds. The van der Waals surface area contributed by atoms with Crippen molar-refractivity contribution in [2.45, 2.75) is 65.5 Å². The first-order valence-corrected chi connectivity index (χ1v) is 10.9. The summed E-state index contributed by atoms with van der Waals surface area (Å²) in [5, 5.41) is 3.04. The maximum absolute atomic E-state index is 13.0. The number of nitrogens with zero attached hydrogens (tertiary/aromatic N) is 1. The number of rotatable bonds is 7. The maximum atomic E-state index is 13.0. The number of nitrogens with one attached hydrogen (secondary N) is 2. The molecule has 3 rings (SSSR count). The number of esters is 1. The number of carbonyl (C=O) groups is 2. The molecule has 1 aromatic heterocycles. The van der Waals surface area contributed by atoms with Crippen LogP contribution in [0.2, 0.25) is 0 Å². The van der Waals surface area contributed by atoms with Crippen molar-refractivity contribution in [2.75, 3.05) is 19.0 Å². The van der Waals surface area contributed by atoms with E-state index < -0.39 is 5.97 Å². The number of aryl methyl sites for hydroxylation is 1. The third kappa shape index (κ3) is 4.93. The van der Waals surface area contributed by atoms with Crippen molar-refractivity contribution in [3.8, 4) is 0 Å². The molecule has 0 aliphatic heterocycles. The van der Waals surface area contributed by atoms with E-state index in [9.17, 15) is 9.59 Å². The van der Waals surface area contributed by atoms with E-state index in [1.807, 2.05) is 18.2 Å². The lowest BCUT2D eigenvalue weighted by Crippen LogP contribution is -2.33. The molecular weight excluding hydrogens is 378 g/mol. The molecule has 162 valence electrons. The highest BCUT2D eigenvalue weighted by atomic mass is 16.5. The maximum Gasteiger partial charge on any atom is 0.340 e. The van der Waals surface area contributed by atoms with E-state index in [1.165, 1.54) is 32.1 Å². The summed E-state index contributed by atoms with van der Waals surface area (Å²) >= 11 is 0. The zero-order chi connectivity index (χ0) is 21.7. The van der Waals surface area contributed by atoms with Crippen LogP contribution in [-0.2, 0) is 11.3 Å². The highest BCUT2D eigenvalue weighted by Gasteiger charge is 2.24. The molecule has 0 spiro atoms. The van der Waals surface area contributed by atoms with Crippen molar-refractivity contribution in [2.24, 2.45) is 0 Å². The normalized spacial score (nSPS) is 14.7. The minimum absolute atomic E-state index is 0.251. The fourth-order valence-electron chi connectivity index (χ4n) is 4.37. The lowest BCUT2D eigenvalue weighted by Gasteiger charge is -2.31. The number of anilines is 1. The van der Waals surface area contributed by atoms with Gasteiger partial charge in [-0.05, 0) is 57.9 Å². The van der Waals surface area contributed by atoms with Gasteiger partial charge in [0, 0.05) is 24.0 Å². The standard InChI is InChI=1S/C24H33N3O3/c1-5-30-24(29)21-16(2)22(25-17(21)3)23(28)26-20-14-10-9-11-18(20)15-27(4)19-12-7-6-8-13-19/h9-11,14,19,25H,5-8,12-13,15H2,1-4H3,(H,26,28). The van der Waals surface area contributed by atoms with Crippen LogP contribution in [0.15, 0.2) is 24.3 Å². The van der Waals surface area contributed by atoms with Crippen LogP contribution in [0.1, 0.15) is 76.7 Å². The van der Waals surface area contributed by atoms with Crippen LogP contribution < -0.4 is 5.32 Å². The smallest absolute Gasteiger partial charge is 0.340 e. The number of para-hydroxylation sites is 1. The van der Waals surface area contributed by atoms with E-state index in [1.54, 1.807) is 20.8 Å². The molecule has 0 saturated heterocycles. The van der Waals surface area contributed by atoms with Gasteiger partial charge < -0.3 is 15.0 Å². The molecule has 0 bridgehead atoms. The van der Waals surface area contributed by atoms with Gasteiger partial charge >= 0.3 is 5.97 Å². The Balaban J connectivity index is 1.76. The molecule has 1 aliphatic rings. The Kier molecular flexibility index (Phi) is 7.32. The summed E-state index contributed by atoms with van der Waals surface area (Å²) in [6, 6.07) is 8.52. The number of hydrogen-bond acceptors (Lipinski definition) is 4. The first kappa shape index (κ1) is 22.1. The van der Waals surface area contributed by atoms with Crippen LogP contribution in [0.3, 0.4) is 0 Å². The first-order valence-electron chi connectivity index (χ1n) is 10.9. The Morgan fingerprint density at radius 1 is 1.17 bits per heavy atom. The van der Waals surface area contributed by atoms with Gasteiger partial charge in [0.15, 0.2) is 0 Å². The van der Waals surface area contributed by atoms with Crippen molar-refractivity contribution >= 4 is 17.6 Å². The van der Waals surface area contributed by atoms with Gasteiger partial charge in [-0.15, -0.1) is 0 Å². The molecule has 1 saturated carbocycles. The van der Waals surface area contributed by atoms with Gasteiger partial charge in [0.05, 0.1) is 12.2 Å². The summed E-state index contributed by atoms with van der Waals surface area (Å²) in [5.74, 6) is -0.656. The number of amides is 1. The summed E-state index contributed by atoms with van der Waals surface area (Å²) in [5.41, 5.74) is 3.97. The number of aromatic amines is 1. The zero-order valence-corrected chi connectivity index (χ0v) is 18.5. The summed E-state index contributed by atoms with van der Waals surface area (Å²) in [4.78, 5) is 30.7. The van der Waals surface area contributed by atoms with Gasteiger partial charge in [-0.1, -0.05) is 37.5 Å². The van der Waals surface area contributed by atoms with Crippen molar-refractivity contribution in [1.82, 2.24) is 9.88 Å². The van der Waals surface area contributed by atoms with Crippen LogP contribution in [0.25, 0.3) is 0 Å². The Bertz CT molecular complexity index is 897. The Labute approximate surface area is 179 Å². The molecule has 30 heavy (non-hydrogen) atoms. The summed E-state index contributed by atoms with van der Waals surface area (Å²) in [7, 11) is 2.17. The molecule has 1 heterocycles. The Morgan fingerprint density at radius 3 is 2.57 bits per heavy atom. The van der Waals surface area contributed by atoms with E-state index in [0.29, 0.717) is 35.2 Å². The van der Waals surface area contributed by atoms with Gasteiger partial charge in [0.25, 0.3) is 5.91 Å². The van der Waals surface area contributed by atoms with E-state index >= 15 is 0 Å². The number of hydrogen-bond donors (Lipinski definition) is 2. The molecule has 0 radical (unpaired) electrons. The number of carbonyl (C=O) groups excluding carboxylic acids is 2. The number of aromatic nitrogens is 1. The predicted octanol–water partition coefficient (Wildman–Crippen LogP) is 4.83. The second-order valence-corrected chi connectivity index (χ2v) is 8.16. The van der Waals surface area contributed by atoms with Gasteiger partial charge in [0.1, 0.15) is 5.69 Å². The Morgan fingerprint density at radius 2 is 1.87 bits per heavy atom. The molecule has 2 N–H and O–H groups in total. The minimum Gasteiger partial charge on any atom is -0.462 e. The topological polar surface area (TPSA) is 74.4 Å². The first-order chi connectivity index (χ1) is 14.4. The highest BCUT2D eigenvalue weighted by molar-refractivity contribution is 6.07. The average molecular weight is 412 g/mol. The fraction of sp³-hybridized carbons (Fsp3) is 0.500. The molecule has 2 aromatic rings. The van der Waals surface area contributed by atoms with E-state index in [0.717, 1.165) is 17.8 Å². The molecule has 1 aliphatic carbocycles. The summed E-state index contributed by atoms with van der Waals surface area (Å²) in [6.45, 7) is 6.41. The van der Waals surface area contributed by atoms with Crippen LogP contribution in [-0.4, -0.2) is 41.5 Å². The number of ether oxygens (including phenoxy) is 1. The van der Waals surface area contributed by atoms with Crippen LogP contribution in [0.5, 0.6) is 0 Å². The number of H-pyrrole nitrogens is 1. The quantitative estimate of drug-likeness (QED) is 0.640. The van der Waals surface area contributed by atoms with Crippen LogP contribution in [0.4, 0.5) is 5.69 Å². The van der Waals surface area contributed by atoms with E-state index in [2.05, 4.69) is 28.3 Å². The molecule has 1 aromatic carbocycles. The van der Waals surface area contributed by atoms with E-state index in [4.69, 9.17) is 4.74 Å². The molecule has 6 heteroatoms. The lowest BCUT2D eigenvalue weighted by atomic mass is 9.94. The monoisotopic (exact) mass is 411 g/mol. The fourth-order valence-corrected chi connectivity index (χ4v) is 4.37. The largest absolute Gasteiger partial charge is 0.462 e. The predicted molar refractivity (Wildman–Crippen MR) is 119 cm³/mol. The van der Waals surface area contributed by atoms with Gasteiger partial charge in [-0.2, -0.15) is 0 Å². The second kappa shape index (κ2) is 9.94. The highest BCUT2D eigenvalue weighted by Crippen LogP contribution is 2.26. The minimum atomic E-state index is -0.405. The zero-order valence-electron chi connectivity index (χ0n) is 18.5. The van der Waals surface area contributed by atoms with Crippen molar-refractivity contribution in [3.05, 3.63) is 52.3 Å².